The van der Waals surface area contributed by atoms with Crippen molar-refractivity contribution in [2.75, 3.05) is 20.3 Å². The molecule has 0 saturated carbocycles. The summed E-state index contributed by atoms with van der Waals surface area (Å²) in [7, 11) is 1.61. The monoisotopic (exact) mass is 453 g/mol. The first-order chi connectivity index (χ1) is 16.7. The zero-order valence-corrected chi connectivity index (χ0v) is 19.0. The van der Waals surface area contributed by atoms with E-state index in [9.17, 15) is 9.59 Å². The van der Waals surface area contributed by atoms with E-state index in [1.165, 1.54) is 4.90 Å². The van der Waals surface area contributed by atoms with Gasteiger partial charge < -0.3 is 9.47 Å². The molecule has 1 fully saturated rings. The van der Waals surface area contributed by atoms with Crippen LogP contribution in [0.4, 0.5) is 0 Å². The van der Waals surface area contributed by atoms with Crippen molar-refractivity contribution >= 4 is 11.8 Å². The van der Waals surface area contributed by atoms with Crippen molar-refractivity contribution in [1.82, 2.24) is 4.90 Å². The SMILES string of the molecule is COc1ccc(OCCN2C(=O)[C@@H]3[C@@H](C2=O)[C@@H](c2ccccc2)C=C[C@@H]3c2ccccc2)cc1. The lowest BCUT2D eigenvalue weighted by Crippen LogP contribution is -2.35. The molecule has 2 aliphatic rings. The van der Waals surface area contributed by atoms with Crippen LogP contribution in [0.1, 0.15) is 23.0 Å². The minimum atomic E-state index is -0.425. The van der Waals surface area contributed by atoms with Crippen molar-refractivity contribution in [2.45, 2.75) is 11.8 Å². The molecule has 34 heavy (non-hydrogen) atoms. The van der Waals surface area contributed by atoms with Crippen LogP contribution in [-0.4, -0.2) is 37.0 Å². The molecule has 1 heterocycles. The molecule has 1 aliphatic carbocycles. The number of carbonyl (C=O) groups excluding carboxylic acids is 2. The third-order valence-corrected chi connectivity index (χ3v) is 6.80. The molecular formula is C29H27NO4. The van der Waals surface area contributed by atoms with Gasteiger partial charge in [0.05, 0.1) is 25.5 Å². The maximum absolute atomic E-state index is 13.6. The summed E-state index contributed by atoms with van der Waals surface area (Å²) < 4.78 is 11.0. The molecule has 1 aliphatic heterocycles. The van der Waals surface area contributed by atoms with E-state index in [-0.39, 0.29) is 36.8 Å². The molecule has 3 aromatic carbocycles. The molecule has 172 valence electrons. The molecule has 2 amide bonds. The number of nitrogens with zero attached hydrogens (tertiary/aromatic N) is 1. The number of methoxy groups -OCH3 is 1. The number of likely N-dealkylation sites (tertiary alicyclic amines) is 1. The van der Waals surface area contributed by atoms with E-state index in [1.54, 1.807) is 7.11 Å². The summed E-state index contributed by atoms with van der Waals surface area (Å²) in [6.45, 7) is 0.461. The summed E-state index contributed by atoms with van der Waals surface area (Å²) in [6.07, 6.45) is 4.22. The van der Waals surface area contributed by atoms with Gasteiger partial charge in [-0.25, -0.2) is 0 Å². The highest BCUT2D eigenvalue weighted by molar-refractivity contribution is 6.06. The van der Waals surface area contributed by atoms with Gasteiger partial charge in [0, 0.05) is 11.8 Å². The van der Waals surface area contributed by atoms with Crippen molar-refractivity contribution in [3.8, 4) is 11.5 Å². The second-order valence-electron chi connectivity index (χ2n) is 8.66. The van der Waals surface area contributed by atoms with E-state index in [1.807, 2.05) is 84.9 Å². The first-order valence-electron chi connectivity index (χ1n) is 11.6. The maximum Gasteiger partial charge on any atom is 0.234 e. The Morgan fingerprint density at radius 2 is 1.15 bits per heavy atom. The molecule has 0 bridgehead atoms. The fourth-order valence-corrected chi connectivity index (χ4v) is 5.14. The number of ether oxygens (including phenoxy) is 2. The fraction of sp³-hybridized carbons (Fsp3) is 0.241. The topological polar surface area (TPSA) is 55.8 Å². The first kappa shape index (κ1) is 22.0. The number of hydrogen-bond donors (Lipinski definition) is 0. The van der Waals surface area contributed by atoms with Gasteiger partial charge in [-0.3, -0.25) is 14.5 Å². The minimum absolute atomic E-state index is 0.118. The van der Waals surface area contributed by atoms with Gasteiger partial charge >= 0.3 is 0 Å². The summed E-state index contributed by atoms with van der Waals surface area (Å²) in [5, 5.41) is 0. The van der Waals surface area contributed by atoms with Crippen LogP contribution in [0.25, 0.3) is 0 Å². The largest absolute Gasteiger partial charge is 0.497 e. The van der Waals surface area contributed by atoms with Gasteiger partial charge in [0.1, 0.15) is 18.1 Å². The van der Waals surface area contributed by atoms with E-state index in [2.05, 4.69) is 12.2 Å². The van der Waals surface area contributed by atoms with Gasteiger partial charge in [-0.15, -0.1) is 0 Å². The highest BCUT2D eigenvalue weighted by Crippen LogP contribution is 2.49. The predicted octanol–water partition coefficient (Wildman–Crippen LogP) is 4.81. The second-order valence-corrected chi connectivity index (χ2v) is 8.66. The molecule has 1 saturated heterocycles. The number of imide groups is 1. The molecule has 4 atom stereocenters. The lowest BCUT2D eigenvalue weighted by molar-refractivity contribution is -0.140. The zero-order chi connectivity index (χ0) is 23.5. The van der Waals surface area contributed by atoms with Crippen molar-refractivity contribution < 1.29 is 19.1 Å². The molecule has 0 radical (unpaired) electrons. The van der Waals surface area contributed by atoms with Gasteiger partial charge in [-0.1, -0.05) is 72.8 Å². The van der Waals surface area contributed by atoms with Crippen LogP contribution >= 0.6 is 0 Å². The van der Waals surface area contributed by atoms with E-state index in [4.69, 9.17) is 9.47 Å². The molecule has 5 rings (SSSR count). The minimum Gasteiger partial charge on any atom is -0.497 e. The predicted molar refractivity (Wildman–Crippen MR) is 130 cm³/mol. The molecule has 5 heteroatoms. The van der Waals surface area contributed by atoms with E-state index in [0.717, 1.165) is 16.9 Å². The van der Waals surface area contributed by atoms with Gasteiger partial charge in [-0.2, -0.15) is 0 Å². The maximum atomic E-state index is 13.6. The normalized spacial score (nSPS) is 23.6. The Kier molecular flexibility index (Phi) is 6.17. The molecule has 0 spiro atoms. The van der Waals surface area contributed by atoms with Gasteiger partial charge in [-0.05, 0) is 35.4 Å². The quantitative estimate of drug-likeness (QED) is 0.381. The zero-order valence-electron chi connectivity index (χ0n) is 19.0. The van der Waals surface area contributed by atoms with Crippen LogP contribution in [0, 0.1) is 11.8 Å². The van der Waals surface area contributed by atoms with Crippen molar-refractivity contribution in [3.63, 3.8) is 0 Å². The smallest absolute Gasteiger partial charge is 0.234 e. The van der Waals surface area contributed by atoms with Gasteiger partial charge in [0.25, 0.3) is 0 Å². The molecule has 0 N–H and O–H groups in total. The number of carbonyl (C=O) groups is 2. The Labute approximate surface area is 199 Å². The highest BCUT2D eigenvalue weighted by atomic mass is 16.5. The summed E-state index contributed by atoms with van der Waals surface area (Å²) in [6, 6.07) is 27.2. The van der Waals surface area contributed by atoms with E-state index >= 15 is 0 Å². The van der Waals surface area contributed by atoms with E-state index in [0.29, 0.717) is 5.75 Å². The molecule has 5 nitrogen and oxygen atoms in total. The third-order valence-electron chi connectivity index (χ3n) is 6.80. The van der Waals surface area contributed by atoms with Crippen LogP contribution in [-0.2, 0) is 9.59 Å². The Bertz CT molecular complexity index is 1110. The van der Waals surface area contributed by atoms with Crippen LogP contribution in [0.2, 0.25) is 0 Å². The van der Waals surface area contributed by atoms with Crippen LogP contribution in [0.5, 0.6) is 11.5 Å². The van der Waals surface area contributed by atoms with Crippen molar-refractivity contribution in [1.29, 1.82) is 0 Å². The molecule has 0 unspecified atom stereocenters. The van der Waals surface area contributed by atoms with Gasteiger partial charge in [0.15, 0.2) is 0 Å². The van der Waals surface area contributed by atoms with E-state index < -0.39 is 11.8 Å². The summed E-state index contributed by atoms with van der Waals surface area (Å²) in [5.41, 5.74) is 2.11. The fourth-order valence-electron chi connectivity index (χ4n) is 5.14. The summed E-state index contributed by atoms with van der Waals surface area (Å²) in [4.78, 5) is 28.7. The first-order valence-corrected chi connectivity index (χ1v) is 11.6. The number of benzene rings is 3. The van der Waals surface area contributed by atoms with Gasteiger partial charge in [0.2, 0.25) is 11.8 Å². The van der Waals surface area contributed by atoms with Crippen LogP contribution < -0.4 is 9.47 Å². The Morgan fingerprint density at radius 1 is 0.676 bits per heavy atom. The molecule has 3 aromatic rings. The average molecular weight is 454 g/mol. The number of fused-ring (bicyclic) bond motifs is 1. The number of amides is 2. The highest BCUT2D eigenvalue weighted by Gasteiger charge is 2.54. The lowest BCUT2D eigenvalue weighted by atomic mass is 9.68. The summed E-state index contributed by atoms with van der Waals surface area (Å²) >= 11 is 0. The Morgan fingerprint density at radius 3 is 1.62 bits per heavy atom. The van der Waals surface area contributed by atoms with Crippen LogP contribution in [0.15, 0.2) is 97.1 Å². The molecule has 0 aromatic heterocycles. The van der Waals surface area contributed by atoms with Crippen LogP contribution in [0.3, 0.4) is 0 Å². The lowest BCUT2D eigenvalue weighted by Gasteiger charge is -2.32. The Hall–Kier alpha value is -3.86. The summed E-state index contributed by atoms with van der Waals surface area (Å²) in [5.74, 6) is 0.0680. The van der Waals surface area contributed by atoms with Crippen molar-refractivity contribution in [3.05, 3.63) is 108 Å². The Balaban J connectivity index is 1.39. The molecular weight excluding hydrogens is 426 g/mol. The standard InChI is InChI=1S/C29H27NO4/c1-33-22-12-14-23(15-13-22)34-19-18-30-28(31)26-24(20-8-4-2-5-9-20)16-17-25(27(26)29(30)32)21-10-6-3-7-11-21/h2-17,24-27H,18-19H2,1H3/t24-,25-,26+,27+/m1/s1. The van der Waals surface area contributed by atoms with Crippen molar-refractivity contribution in [2.24, 2.45) is 11.8 Å². The second kappa shape index (κ2) is 9.56. The number of rotatable bonds is 7. The third kappa shape index (κ3) is 4.10. The average Bonchev–Trinajstić information content (AvgIpc) is 3.15. The number of allylic oxidation sites excluding steroid dienone is 2. The number of hydrogen-bond acceptors (Lipinski definition) is 4.